The highest BCUT2D eigenvalue weighted by molar-refractivity contribution is 7.91. The summed E-state index contributed by atoms with van der Waals surface area (Å²) in [5.41, 5.74) is 3.32. The van der Waals surface area contributed by atoms with Crippen LogP contribution in [0.2, 0.25) is 0 Å². The lowest BCUT2D eigenvalue weighted by molar-refractivity contribution is 0.318. The second-order valence-corrected chi connectivity index (χ2v) is 8.62. The zero-order valence-electron chi connectivity index (χ0n) is 13.3. The summed E-state index contributed by atoms with van der Waals surface area (Å²) in [6.45, 7) is 8.46. The van der Waals surface area contributed by atoms with Gasteiger partial charge in [0.05, 0.1) is 0 Å². The van der Waals surface area contributed by atoms with E-state index in [1.165, 1.54) is 16.9 Å². The van der Waals surface area contributed by atoms with E-state index in [9.17, 15) is 8.42 Å². The predicted octanol–water partition coefficient (Wildman–Crippen LogP) is 3.34. The molecule has 1 aromatic carbocycles. The van der Waals surface area contributed by atoms with Crippen LogP contribution in [0.1, 0.15) is 21.6 Å². The molecular weight excluding hydrogens is 318 g/mol. The molecule has 6 heteroatoms. The summed E-state index contributed by atoms with van der Waals surface area (Å²) in [5, 5.41) is 0. The van der Waals surface area contributed by atoms with E-state index >= 15 is 0 Å². The number of ether oxygens (including phenoxy) is 1. The molecule has 4 nitrogen and oxygen atoms in total. The molecule has 0 spiro atoms. The highest BCUT2D eigenvalue weighted by Crippen LogP contribution is 2.24. The lowest BCUT2D eigenvalue weighted by Crippen LogP contribution is -2.27. The highest BCUT2D eigenvalue weighted by Gasteiger charge is 2.15. The third-order valence-corrected chi connectivity index (χ3v) is 6.18. The number of aryl methyl sites for hydroxylation is 4. The smallest absolute Gasteiger partial charge is 0.250 e. The Morgan fingerprint density at radius 2 is 1.73 bits per heavy atom. The first-order valence-corrected chi connectivity index (χ1v) is 9.36. The molecular formula is C16H21NO3S2. The fraction of sp³-hybridized carbons (Fsp3) is 0.375. The number of hydrogen-bond acceptors (Lipinski definition) is 4. The predicted molar refractivity (Wildman–Crippen MR) is 90.4 cm³/mol. The van der Waals surface area contributed by atoms with Gasteiger partial charge >= 0.3 is 0 Å². The summed E-state index contributed by atoms with van der Waals surface area (Å²) < 4.78 is 32.8. The van der Waals surface area contributed by atoms with Crippen LogP contribution in [0.25, 0.3) is 0 Å². The third-order valence-electron chi connectivity index (χ3n) is 3.23. The zero-order chi connectivity index (χ0) is 16.3. The minimum atomic E-state index is -3.43. The molecule has 22 heavy (non-hydrogen) atoms. The van der Waals surface area contributed by atoms with Gasteiger partial charge in [-0.15, -0.1) is 11.3 Å². The zero-order valence-corrected chi connectivity index (χ0v) is 14.9. The van der Waals surface area contributed by atoms with Crippen molar-refractivity contribution < 1.29 is 13.2 Å². The van der Waals surface area contributed by atoms with Crippen molar-refractivity contribution in [3.63, 3.8) is 0 Å². The minimum absolute atomic E-state index is 0.242. The van der Waals surface area contributed by atoms with Crippen LogP contribution in [0.4, 0.5) is 0 Å². The molecule has 0 saturated heterocycles. The van der Waals surface area contributed by atoms with E-state index in [1.807, 2.05) is 27.7 Å². The van der Waals surface area contributed by atoms with Gasteiger partial charge in [-0.3, -0.25) is 0 Å². The van der Waals surface area contributed by atoms with E-state index < -0.39 is 10.0 Å². The van der Waals surface area contributed by atoms with Crippen LogP contribution in [0, 0.1) is 27.7 Å². The van der Waals surface area contributed by atoms with Crippen molar-refractivity contribution in [2.24, 2.45) is 0 Å². The normalized spacial score (nSPS) is 11.6. The van der Waals surface area contributed by atoms with E-state index in [0.29, 0.717) is 10.8 Å². The first kappa shape index (κ1) is 17.0. The standard InChI is InChI=1S/C16H21NO3S2/c1-11-9-12(2)16(13(3)10-11)20-8-7-17-22(18,19)15-6-5-14(4)21-15/h5-6,9-10,17H,7-8H2,1-4H3. The average Bonchev–Trinajstić information content (AvgIpc) is 2.84. The van der Waals surface area contributed by atoms with E-state index in [4.69, 9.17) is 4.74 Å². The monoisotopic (exact) mass is 339 g/mol. The molecule has 0 atom stereocenters. The lowest BCUT2D eigenvalue weighted by atomic mass is 10.1. The van der Waals surface area contributed by atoms with Crippen molar-refractivity contribution >= 4 is 21.4 Å². The Labute approximate surface area is 136 Å². The van der Waals surface area contributed by atoms with Crippen LogP contribution >= 0.6 is 11.3 Å². The van der Waals surface area contributed by atoms with Gasteiger partial charge < -0.3 is 4.74 Å². The number of rotatable bonds is 6. The average molecular weight is 339 g/mol. The third kappa shape index (κ3) is 4.09. The van der Waals surface area contributed by atoms with Gasteiger partial charge in [-0.25, -0.2) is 13.1 Å². The van der Waals surface area contributed by atoms with Gasteiger partial charge in [-0.05, 0) is 51.0 Å². The number of hydrogen-bond donors (Lipinski definition) is 1. The fourth-order valence-electron chi connectivity index (χ4n) is 2.35. The van der Waals surface area contributed by atoms with Gasteiger partial charge in [0.25, 0.3) is 0 Å². The summed E-state index contributed by atoms with van der Waals surface area (Å²) >= 11 is 1.26. The van der Waals surface area contributed by atoms with E-state index in [1.54, 1.807) is 12.1 Å². The summed E-state index contributed by atoms with van der Waals surface area (Å²) in [7, 11) is -3.43. The molecule has 0 bridgehead atoms. The van der Waals surface area contributed by atoms with Gasteiger partial charge in [0.1, 0.15) is 16.6 Å². The first-order valence-electron chi connectivity index (χ1n) is 7.06. The second-order valence-electron chi connectivity index (χ2n) is 5.34. The molecule has 0 aliphatic heterocycles. The minimum Gasteiger partial charge on any atom is -0.492 e. The summed E-state index contributed by atoms with van der Waals surface area (Å²) in [6.07, 6.45) is 0. The van der Waals surface area contributed by atoms with Crippen LogP contribution in [0.3, 0.4) is 0 Å². The SMILES string of the molecule is Cc1cc(C)c(OCCNS(=O)(=O)c2ccc(C)s2)c(C)c1. The largest absolute Gasteiger partial charge is 0.492 e. The molecule has 1 heterocycles. The number of nitrogens with one attached hydrogen (secondary N) is 1. The van der Waals surface area contributed by atoms with Crippen molar-refractivity contribution in [3.05, 3.63) is 45.8 Å². The van der Waals surface area contributed by atoms with Crippen molar-refractivity contribution in [1.29, 1.82) is 0 Å². The molecule has 2 aromatic rings. The Morgan fingerprint density at radius 1 is 1.09 bits per heavy atom. The van der Waals surface area contributed by atoms with Crippen molar-refractivity contribution in [2.45, 2.75) is 31.9 Å². The van der Waals surface area contributed by atoms with Crippen LogP contribution in [0.5, 0.6) is 5.75 Å². The quantitative estimate of drug-likeness (QED) is 0.821. The molecule has 0 aliphatic rings. The van der Waals surface area contributed by atoms with E-state index in [0.717, 1.165) is 21.8 Å². The maximum atomic E-state index is 12.1. The van der Waals surface area contributed by atoms with E-state index in [-0.39, 0.29) is 6.54 Å². The molecule has 2 rings (SSSR count). The van der Waals surface area contributed by atoms with Crippen LogP contribution in [-0.2, 0) is 10.0 Å². The lowest BCUT2D eigenvalue weighted by Gasteiger charge is -2.13. The molecule has 0 aliphatic carbocycles. The summed E-state index contributed by atoms with van der Waals surface area (Å²) in [6, 6.07) is 7.54. The van der Waals surface area contributed by atoms with Crippen molar-refractivity contribution in [3.8, 4) is 5.75 Å². The van der Waals surface area contributed by atoms with Crippen LogP contribution in [-0.4, -0.2) is 21.6 Å². The second kappa shape index (κ2) is 6.81. The summed E-state index contributed by atoms with van der Waals surface area (Å²) in [5.74, 6) is 0.830. The Balaban J connectivity index is 1.93. The maximum absolute atomic E-state index is 12.1. The Hall–Kier alpha value is -1.37. The molecule has 1 N–H and O–H groups in total. The van der Waals surface area contributed by atoms with Gasteiger partial charge in [-0.2, -0.15) is 0 Å². The molecule has 0 fully saturated rings. The maximum Gasteiger partial charge on any atom is 0.250 e. The molecule has 0 radical (unpaired) electrons. The molecule has 0 amide bonds. The number of benzene rings is 1. The van der Waals surface area contributed by atoms with Gasteiger partial charge in [0, 0.05) is 11.4 Å². The summed E-state index contributed by atoms with van der Waals surface area (Å²) in [4.78, 5) is 0.975. The Morgan fingerprint density at radius 3 is 2.27 bits per heavy atom. The molecule has 120 valence electrons. The topological polar surface area (TPSA) is 55.4 Å². The molecule has 1 aromatic heterocycles. The highest BCUT2D eigenvalue weighted by atomic mass is 32.2. The molecule has 0 saturated carbocycles. The Bertz CT molecular complexity index is 740. The van der Waals surface area contributed by atoms with Crippen LogP contribution < -0.4 is 9.46 Å². The molecule has 0 unspecified atom stereocenters. The van der Waals surface area contributed by atoms with Crippen molar-refractivity contribution in [2.75, 3.05) is 13.2 Å². The van der Waals surface area contributed by atoms with Gasteiger partial charge in [0.2, 0.25) is 10.0 Å². The van der Waals surface area contributed by atoms with Gasteiger partial charge in [0.15, 0.2) is 0 Å². The number of thiophene rings is 1. The fourth-order valence-corrected chi connectivity index (χ4v) is 4.69. The van der Waals surface area contributed by atoms with E-state index in [2.05, 4.69) is 16.9 Å². The van der Waals surface area contributed by atoms with Crippen molar-refractivity contribution in [1.82, 2.24) is 4.72 Å². The van der Waals surface area contributed by atoms with Gasteiger partial charge in [-0.1, -0.05) is 17.7 Å². The van der Waals surface area contributed by atoms with Crippen LogP contribution in [0.15, 0.2) is 28.5 Å². The Kier molecular flexibility index (Phi) is 5.26. The first-order chi connectivity index (χ1) is 10.3. The number of sulfonamides is 1.